The molecule has 0 bridgehead atoms. The average molecular weight is 374 g/mol. The molecule has 1 aromatic heterocycles. The highest BCUT2D eigenvalue weighted by molar-refractivity contribution is 6.04. The van der Waals surface area contributed by atoms with E-state index < -0.39 is 0 Å². The maximum absolute atomic E-state index is 13.0. The summed E-state index contributed by atoms with van der Waals surface area (Å²) in [5.41, 5.74) is 4.72. The highest BCUT2D eigenvalue weighted by atomic mass is 19.1. The van der Waals surface area contributed by atoms with Gasteiger partial charge in [0, 0.05) is 23.5 Å². The minimum Gasteiger partial charge on any atom is -0.380 e. The first-order valence-corrected chi connectivity index (χ1v) is 8.74. The summed E-state index contributed by atoms with van der Waals surface area (Å²) in [6.07, 6.45) is 0. The number of carbonyl (C=O) groups excluding carboxylic acids is 1. The van der Waals surface area contributed by atoms with Gasteiger partial charge in [-0.1, -0.05) is 12.1 Å². The fourth-order valence-electron chi connectivity index (χ4n) is 2.87. The number of carbonyl (C=O) groups is 1. The van der Waals surface area contributed by atoms with Crippen LogP contribution in [0, 0.1) is 31.0 Å². The van der Waals surface area contributed by atoms with Crippen molar-refractivity contribution in [2.45, 2.75) is 20.4 Å². The van der Waals surface area contributed by atoms with Crippen LogP contribution in [0.2, 0.25) is 0 Å². The second-order valence-corrected chi connectivity index (χ2v) is 6.40. The van der Waals surface area contributed by atoms with Gasteiger partial charge in [-0.15, -0.1) is 0 Å². The number of rotatable bonds is 5. The molecular formula is C22H19FN4O. The van der Waals surface area contributed by atoms with Gasteiger partial charge < -0.3 is 10.6 Å². The molecule has 1 amide bonds. The van der Waals surface area contributed by atoms with Crippen LogP contribution in [-0.2, 0) is 6.54 Å². The van der Waals surface area contributed by atoms with Crippen molar-refractivity contribution < 1.29 is 9.18 Å². The molecule has 0 atom stereocenters. The number of hydrogen-bond donors (Lipinski definition) is 2. The van der Waals surface area contributed by atoms with Crippen LogP contribution in [0.25, 0.3) is 0 Å². The highest BCUT2D eigenvalue weighted by Gasteiger charge is 2.09. The molecule has 2 aromatic carbocycles. The van der Waals surface area contributed by atoms with E-state index >= 15 is 0 Å². The predicted octanol–water partition coefficient (Wildman–Crippen LogP) is 4.57. The largest absolute Gasteiger partial charge is 0.380 e. The van der Waals surface area contributed by atoms with Crippen LogP contribution in [-0.4, -0.2) is 10.9 Å². The van der Waals surface area contributed by atoms with E-state index in [1.807, 2.05) is 38.1 Å². The summed E-state index contributed by atoms with van der Waals surface area (Å²) < 4.78 is 13.0. The molecule has 0 aliphatic carbocycles. The van der Waals surface area contributed by atoms with Crippen molar-refractivity contribution in [3.8, 4) is 6.07 Å². The van der Waals surface area contributed by atoms with Gasteiger partial charge in [-0.2, -0.15) is 5.26 Å². The molecule has 0 saturated heterocycles. The molecule has 0 aliphatic rings. The molecule has 0 radical (unpaired) electrons. The summed E-state index contributed by atoms with van der Waals surface area (Å²) in [7, 11) is 0. The lowest BCUT2D eigenvalue weighted by atomic mass is 10.1. The van der Waals surface area contributed by atoms with Gasteiger partial charge in [-0.3, -0.25) is 9.78 Å². The SMILES string of the molecule is Cc1cc(NCc2cccc(NC(=O)c3ccc(F)cc3)c2)c(C#N)c(C)n1. The number of nitrogens with one attached hydrogen (secondary N) is 2. The third kappa shape index (κ3) is 4.51. The van der Waals surface area contributed by atoms with Gasteiger partial charge in [0.2, 0.25) is 0 Å². The summed E-state index contributed by atoms with van der Waals surface area (Å²) in [5, 5.41) is 15.4. The number of amides is 1. The lowest BCUT2D eigenvalue weighted by molar-refractivity contribution is 0.102. The van der Waals surface area contributed by atoms with E-state index in [1.54, 1.807) is 6.07 Å². The molecule has 0 unspecified atom stereocenters. The number of halogens is 1. The molecule has 0 aliphatic heterocycles. The first kappa shape index (κ1) is 19.1. The zero-order chi connectivity index (χ0) is 20.1. The number of hydrogen-bond acceptors (Lipinski definition) is 4. The number of aryl methyl sites for hydroxylation is 2. The maximum atomic E-state index is 13.0. The Hall–Kier alpha value is -3.72. The van der Waals surface area contributed by atoms with Crippen molar-refractivity contribution >= 4 is 17.3 Å². The molecule has 5 nitrogen and oxygen atoms in total. The van der Waals surface area contributed by atoms with Crippen LogP contribution in [0.15, 0.2) is 54.6 Å². The smallest absolute Gasteiger partial charge is 0.255 e. The van der Waals surface area contributed by atoms with Gasteiger partial charge in [-0.05, 0) is 61.9 Å². The molecule has 6 heteroatoms. The molecule has 140 valence electrons. The van der Waals surface area contributed by atoms with Crippen molar-refractivity contribution in [3.63, 3.8) is 0 Å². The van der Waals surface area contributed by atoms with Gasteiger partial charge in [0.1, 0.15) is 11.9 Å². The van der Waals surface area contributed by atoms with E-state index in [2.05, 4.69) is 21.7 Å². The van der Waals surface area contributed by atoms with E-state index in [4.69, 9.17) is 0 Å². The van der Waals surface area contributed by atoms with Crippen molar-refractivity contribution in [2.24, 2.45) is 0 Å². The summed E-state index contributed by atoms with van der Waals surface area (Å²) in [6.45, 7) is 4.17. The van der Waals surface area contributed by atoms with Crippen LogP contribution < -0.4 is 10.6 Å². The second kappa shape index (κ2) is 8.31. The Morgan fingerprint density at radius 2 is 1.89 bits per heavy atom. The van der Waals surface area contributed by atoms with E-state index in [-0.39, 0.29) is 11.7 Å². The van der Waals surface area contributed by atoms with Crippen LogP contribution in [0.5, 0.6) is 0 Å². The fraction of sp³-hybridized carbons (Fsp3) is 0.136. The number of aromatic nitrogens is 1. The molecule has 0 saturated carbocycles. The summed E-state index contributed by atoms with van der Waals surface area (Å²) in [5.74, 6) is -0.694. The van der Waals surface area contributed by atoms with Gasteiger partial charge in [0.25, 0.3) is 5.91 Å². The first-order chi connectivity index (χ1) is 13.5. The Bertz CT molecular complexity index is 1060. The highest BCUT2D eigenvalue weighted by Crippen LogP contribution is 2.20. The van der Waals surface area contributed by atoms with Gasteiger partial charge in [-0.25, -0.2) is 4.39 Å². The molecule has 0 spiro atoms. The minimum atomic E-state index is -0.386. The third-order valence-electron chi connectivity index (χ3n) is 4.21. The Labute approximate surface area is 162 Å². The zero-order valence-electron chi connectivity index (χ0n) is 15.6. The van der Waals surface area contributed by atoms with E-state index in [0.29, 0.717) is 29.1 Å². The van der Waals surface area contributed by atoms with E-state index in [1.165, 1.54) is 24.3 Å². The van der Waals surface area contributed by atoms with Gasteiger partial charge in [0.05, 0.1) is 16.9 Å². The van der Waals surface area contributed by atoms with Crippen molar-refractivity contribution in [2.75, 3.05) is 10.6 Å². The molecule has 0 fully saturated rings. The number of nitriles is 1. The monoisotopic (exact) mass is 374 g/mol. The molecule has 3 rings (SSSR count). The molecule has 1 heterocycles. The van der Waals surface area contributed by atoms with Crippen LogP contribution >= 0.6 is 0 Å². The summed E-state index contributed by atoms with van der Waals surface area (Å²) >= 11 is 0. The lowest BCUT2D eigenvalue weighted by Gasteiger charge is -2.12. The average Bonchev–Trinajstić information content (AvgIpc) is 2.67. The summed E-state index contributed by atoms with van der Waals surface area (Å²) in [4.78, 5) is 16.6. The number of nitrogens with zero attached hydrogens (tertiary/aromatic N) is 2. The molecule has 28 heavy (non-hydrogen) atoms. The van der Waals surface area contributed by atoms with Gasteiger partial charge in [0.15, 0.2) is 0 Å². The maximum Gasteiger partial charge on any atom is 0.255 e. The van der Waals surface area contributed by atoms with Crippen LogP contribution in [0.3, 0.4) is 0 Å². The Kier molecular flexibility index (Phi) is 5.66. The number of anilines is 2. The third-order valence-corrected chi connectivity index (χ3v) is 4.21. The van der Waals surface area contributed by atoms with E-state index in [9.17, 15) is 14.4 Å². The van der Waals surface area contributed by atoms with E-state index in [0.717, 1.165) is 16.9 Å². The van der Waals surface area contributed by atoms with Crippen LogP contribution in [0.1, 0.15) is 32.9 Å². The quantitative estimate of drug-likeness (QED) is 0.686. The zero-order valence-corrected chi connectivity index (χ0v) is 15.6. The van der Waals surface area contributed by atoms with Gasteiger partial charge >= 0.3 is 0 Å². The number of pyridine rings is 1. The van der Waals surface area contributed by atoms with Crippen molar-refractivity contribution in [1.29, 1.82) is 5.26 Å². The van der Waals surface area contributed by atoms with Crippen molar-refractivity contribution in [1.82, 2.24) is 4.98 Å². The van der Waals surface area contributed by atoms with Crippen molar-refractivity contribution in [3.05, 3.63) is 88.5 Å². The molecule has 2 N–H and O–H groups in total. The summed E-state index contributed by atoms with van der Waals surface area (Å²) in [6, 6.07) is 16.8. The lowest BCUT2D eigenvalue weighted by Crippen LogP contribution is -2.12. The topological polar surface area (TPSA) is 77.8 Å². The normalized spacial score (nSPS) is 10.2. The number of benzene rings is 2. The fourth-order valence-corrected chi connectivity index (χ4v) is 2.87. The minimum absolute atomic E-state index is 0.308. The molecule has 3 aromatic rings. The standard InChI is InChI=1S/C22H19FN4O/c1-14-10-21(20(12-24)15(2)26-14)25-13-16-4-3-5-19(11-16)27-22(28)17-6-8-18(23)9-7-17/h3-11H,13H2,1-2H3,(H,25,26)(H,27,28). The Balaban J connectivity index is 1.71. The Morgan fingerprint density at radius 1 is 1.14 bits per heavy atom. The second-order valence-electron chi connectivity index (χ2n) is 6.40. The first-order valence-electron chi connectivity index (χ1n) is 8.74. The molecular weight excluding hydrogens is 355 g/mol. The Morgan fingerprint density at radius 3 is 2.61 bits per heavy atom. The predicted molar refractivity (Wildman–Crippen MR) is 107 cm³/mol. The van der Waals surface area contributed by atoms with Crippen LogP contribution in [0.4, 0.5) is 15.8 Å².